The van der Waals surface area contributed by atoms with Crippen LogP contribution in [0.2, 0.25) is 0 Å². The second-order valence-electron chi connectivity index (χ2n) is 6.15. The highest BCUT2D eigenvalue weighted by atomic mass is 16.2. The lowest BCUT2D eigenvalue weighted by atomic mass is 9.90. The summed E-state index contributed by atoms with van der Waals surface area (Å²) < 4.78 is 0. The third-order valence-electron chi connectivity index (χ3n) is 4.73. The Labute approximate surface area is 126 Å². The van der Waals surface area contributed by atoms with Gasteiger partial charge in [-0.25, -0.2) is 4.79 Å². The fraction of sp³-hybridized carbons (Fsp3) is 0.588. The van der Waals surface area contributed by atoms with E-state index in [1.807, 2.05) is 30.3 Å². The van der Waals surface area contributed by atoms with E-state index < -0.39 is 0 Å². The number of nitrogens with zero attached hydrogens (tertiary/aromatic N) is 1. The van der Waals surface area contributed by atoms with Crippen LogP contribution < -0.4 is 10.6 Å². The monoisotopic (exact) mass is 287 g/mol. The number of hydrogen-bond donors (Lipinski definition) is 2. The number of nitrogens with one attached hydrogen (secondary N) is 2. The molecule has 2 heterocycles. The highest BCUT2D eigenvalue weighted by molar-refractivity contribution is 5.74. The molecule has 3 rings (SSSR count). The van der Waals surface area contributed by atoms with Gasteiger partial charge >= 0.3 is 6.03 Å². The molecule has 114 valence electrons. The highest BCUT2D eigenvalue weighted by Gasteiger charge is 2.34. The summed E-state index contributed by atoms with van der Waals surface area (Å²) >= 11 is 0. The zero-order valence-electron chi connectivity index (χ0n) is 12.6. The van der Waals surface area contributed by atoms with Gasteiger partial charge in [-0.2, -0.15) is 0 Å². The summed E-state index contributed by atoms with van der Waals surface area (Å²) in [4.78, 5) is 14.5. The van der Waals surface area contributed by atoms with Crippen LogP contribution in [0.5, 0.6) is 0 Å². The van der Waals surface area contributed by atoms with Gasteiger partial charge in [0.05, 0.1) is 0 Å². The van der Waals surface area contributed by atoms with Gasteiger partial charge in [0.25, 0.3) is 0 Å². The van der Waals surface area contributed by atoms with Crippen LogP contribution in [-0.4, -0.2) is 36.6 Å². The molecule has 0 bridgehead atoms. The molecule has 1 aromatic carbocycles. The Bertz CT molecular complexity index is 456. The van der Waals surface area contributed by atoms with Gasteiger partial charge in [-0.15, -0.1) is 0 Å². The molecule has 2 N–H and O–H groups in total. The summed E-state index contributed by atoms with van der Waals surface area (Å²) in [6.07, 6.45) is 4.78. The molecule has 2 aliphatic rings. The lowest BCUT2D eigenvalue weighted by Crippen LogP contribution is -2.48. The number of hydrogen-bond acceptors (Lipinski definition) is 2. The first kappa shape index (κ1) is 14.4. The Kier molecular flexibility index (Phi) is 4.76. The molecule has 2 aliphatic heterocycles. The number of benzene rings is 1. The summed E-state index contributed by atoms with van der Waals surface area (Å²) in [7, 11) is 0. The van der Waals surface area contributed by atoms with Crippen LogP contribution in [0.15, 0.2) is 30.3 Å². The molecule has 4 heteroatoms. The van der Waals surface area contributed by atoms with Crippen LogP contribution in [0.1, 0.15) is 31.2 Å². The van der Waals surface area contributed by atoms with Crippen LogP contribution in [0, 0.1) is 5.92 Å². The van der Waals surface area contributed by atoms with Crippen molar-refractivity contribution in [2.75, 3.05) is 19.6 Å². The van der Waals surface area contributed by atoms with Crippen LogP contribution in [0.4, 0.5) is 4.79 Å². The fourth-order valence-electron chi connectivity index (χ4n) is 3.62. The molecule has 2 fully saturated rings. The Balaban J connectivity index is 1.55. The molecule has 0 aliphatic carbocycles. The van der Waals surface area contributed by atoms with E-state index in [0.717, 1.165) is 38.0 Å². The molecular weight excluding hydrogens is 262 g/mol. The third-order valence-corrected chi connectivity index (χ3v) is 4.73. The van der Waals surface area contributed by atoms with Crippen molar-refractivity contribution >= 4 is 6.03 Å². The quantitative estimate of drug-likeness (QED) is 0.896. The molecule has 1 aromatic rings. The van der Waals surface area contributed by atoms with Crippen LogP contribution in [-0.2, 0) is 6.54 Å². The molecule has 2 amide bonds. The Morgan fingerprint density at radius 3 is 2.86 bits per heavy atom. The average Bonchev–Trinajstić information content (AvgIpc) is 3.04. The number of carbonyl (C=O) groups is 1. The molecule has 2 unspecified atom stereocenters. The molecule has 4 nitrogen and oxygen atoms in total. The molecule has 2 atom stereocenters. The zero-order valence-corrected chi connectivity index (χ0v) is 12.6. The van der Waals surface area contributed by atoms with Gasteiger partial charge in [-0.3, -0.25) is 0 Å². The maximum absolute atomic E-state index is 12.5. The molecule has 2 saturated heterocycles. The maximum atomic E-state index is 12.5. The van der Waals surface area contributed by atoms with Gasteiger partial charge < -0.3 is 15.5 Å². The van der Waals surface area contributed by atoms with Crippen LogP contribution in [0.3, 0.4) is 0 Å². The second kappa shape index (κ2) is 6.94. The van der Waals surface area contributed by atoms with Gasteiger partial charge in [-0.05, 0) is 50.3 Å². The van der Waals surface area contributed by atoms with Crippen molar-refractivity contribution in [3.05, 3.63) is 35.9 Å². The summed E-state index contributed by atoms with van der Waals surface area (Å²) in [5.74, 6) is 0.628. The Morgan fingerprint density at radius 2 is 2.10 bits per heavy atom. The molecule has 0 spiro atoms. The van der Waals surface area contributed by atoms with Gasteiger partial charge in [0.2, 0.25) is 0 Å². The first-order valence-electron chi connectivity index (χ1n) is 8.14. The smallest absolute Gasteiger partial charge is 0.317 e. The molecular formula is C17H25N3O. The summed E-state index contributed by atoms with van der Waals surface area (Å²) in [5, 5.41) is 6.55. The normalized spacial score (nSPS) is 25.8. The molecule has 21 heavy (non-hydrogen) atoms. The minimum Gasteiger partial charge on any atom is -0.334 e. The van der Waals surface area contributed by atoms with Crippen molar-refractivity contribution in [1.29, 1.82) is 0 Å². The lowest BCUT2D eigenvalue weighted by Gasteiger charge is -2.34. The van der Waals surface area contributed by atoms with E-state index in [9.17, 15) is 4.79 Å². The van der Waals surface area contributed by atoms with Gasteiger partial charge in [0.15, 0.2) is 0 Å². The predicted octanol–water partition coefficient (Wildman–Crippen LogP) is 2.36. The first-order valence-corrected chi connectivity index (χ1v) is 8.14. The van der Waals surface area contributed by atoms with Crippen molar-refractivity contribution in [2.45, 2.75) is 38.3 Å². The van der Waals surface area contributed by atoms with Crippen LogP contribution >= 0.6 is 0 Å². The summed E-state index contributed by atoms with van der Waals surface area (Å²) in [6, 6.07) is 10.6. The van der Waals surface area contributed by atoms with E-state index in [4.69, 9.17) is 0 Å². The Morgan fingerprint density at radius 1 is 1.24 bits per heavy atom. The largest absolute Gasteiger partial charge is 0.334 e. The lowest BCUT2D eigenvalue weighted by molar-refractivity contribution is 0.161. The van der Waals surface area contributed by atoms with Gasteiger partial charge in [-0.1, -0.05) is 30.3 Å². The number of piperidine rings is 1. The summed E-state index contributed by atoms with van der Waals surface area (Å²) in [6.45, 7) is 3.71. The topological polar surface area (TPSA) is 44.4 Å². The predicted molar refractivity (Wildman–Crippen MR) is 84.0 cm³/mol. The molecule has 0 aromatic heterocycles. The maximum Gasteiger partial charge on any atom is 0.317 e. The third kappa shape index (κ3) is 3.56. The van der Waals surface area contributed by atoms with Crippen molar-refractivity contribution in [2.24, 2.45) is 5.92 Å². The number of carbonyl (C=O) groups excluding carboxylic acids is 1. The molecule has 0 saturated carbocycles. The number of rotatable bonds is 3. The standard InChI is InChI=1S/C17H25N3O/c21-17(19-12-14-6-2-1-3-7-14)20-11-5-9-16(20)15-8-4-10-18-13-15/h1-3,6-7,15-16,18H,4-5,8-13H2,(H,19,21). The summed E-state index contributed by atoms with van der Waals surface area (Å²) in [5.41, 5.74) is 1.15. The van der Waals surface area contributed by atoms with Gasteiger partial charge in [0.1, 0.15) is 0 Å². The first-order chi connectivity index (χ1) is 10.3. The average molecular weight is 287 g/mol. The number of amides is 2. The van der Waals surface area contributed by atoms with E-state index in [-0.39, 0.29) is 6.03 Å². The molecule has 0 radical (unpaired) electrons. The minimum absolute atomic E-state index is 0.104. The van der Waals surface area contributed by atoms with Crippen molar-refractivity contribution in [1.82, 2.24) is 15.5 Å². The number of urea groups is 1. The fourth-order valence-corrected chi connectivity index (χ4v) is 3.62. The number of likely N-dealkylation sites (tertiary alicyclic amines) is 1. The van der Waals surface area contributed by atoms with Crippen molar-refractivity contribution in [3.63, 3.8) is 0 Å². The second-order valence-corrected chi connectivity index (χ2v) is 6.15. The van der Waals surface area contributed by atoms with E-state index in [1.54, 1.807) is 0 Å². The SMILES string of the molecule is O=C(NCc1ccccc1)N1CCCC1C1CCCNC1. The Hall–Kier alpha value is -1.55. The van der Waals surface area contributed by atoms with Gasteiger partial charge in [0, 0.05) is 19.1 Å². The highest BCUT2D eigenvalue weighted by Crippen LogP contribution is 2.28. The van der Waals surface area contributed by atoms with E-state index >= 15 is 0 Å². The van der Waals surface area contributed by atoms with Crippen molar-refractivity contribution in [3.8, 4) is 0 Å². The minimum atomic E-state index is 0.104. The van der Waals surface area contributed by atoms with Crippen LogP contribution in [0.25, 0.3) is 0 Å². The van der Waals surface area contributed by atoms with E-state index in [2.05, 4.69) is 15.5 Å². The van der Waals surface area contributed by atoms with Crippen molar-refractivity contribution < 1.29 is 4.79 Å². The van der Waals surface area contributed by atoms with E-state index in [1.165, 1.54) is 12.8 Å². The zero-order chi connectivity index (χ0) is 14.5. The van der Waals surface area contributed by atoms with E-state index in [0.29, 0.717) is 18.5 Å².